The molecule has 130 valence electrons. The van der Waals surface area contributed by atoms with E-state index in [1.165, 1.54) is 10.4 Å². The van der Waals surface area contributed by atoms with Crippen LogP contribution < -0.4 is 4.74 Å². The molecule has 2 atom stereocenters. The third kappa shape index (κ3) is 4.18. The van der Waals surface area contributed by atoms with Crippen LogP contribution in [0, 0.1) is 6.92 Å². The fourth-order valence-electron chi connectivity index (χ4n) is 2.63. The average Bonchev–Trinajstić information content (AvgIpc) is 2.47. The summed E-state index contributed by atoms with van der Waals surface area (Å²) in [5, 5.41) is 0.418. The van der Waals surface area contributed by atoms with Gasteiger partial charge in [-0.15, -0.1) is 0 Å². The lowest BCUT2D eigenvalue weighted by atomic mass is 10.2. The summed E-state index contributed by atoms with van der Waals surface area (Å²) in [4.78, 5) is 0.128. The van der Waals surface area contributed by atoms with E-state index < -0.39 is 10.0 Å². The average molecular weight is 362 g/mol. The molecule has 0 N–H and O–H groups in total. The fraction of sp³-hybridized carbons (Fsp3) is 0.625. The number of morpholine rings is 1. The number of rotatable bonds is 5. The van der Waals surface area contributed by atoms with Gasteiger partial charge in [0, 0.05) is 18.1 Å². The topological polar surface area (TPSA) is 55.8 Å². The molecule has 1 fully saturated rings. The Bertz CT molecular complexity index is 652. The Morgan fingerprint density at radius 2 is 1.91 bits per heavy atom. The SMILES string of the molecule is CCCOc1cc(C)c(Cl)cc1S(=O)(=O)N1C[C@H](C)O[C@@H](C)C1. The van der Waals surface area contributed by atoms with Gasteiger partial charge in [0.15, 0.2) is 0 Å². The molecule has 1 aliphatic heterocycles. The minimum absolute atomic E-state index is 0.128. The molecule has 1 saturated heterocycles. The van der Waals surface area contributed by atoms with Gasteiger partial charge in [0.1, 0.15) is 10.6 Å². The van der Waals surface area contributed by atoms with E-state index in [4.69, 9.17) is 21.1 Å². The van der Waals surface area contributed by atoms with Gasteiger partial charge in [-0.1, -0.05) is 18.5 Å². The van der Waals surface area contributed by atoms with E-state index >= 15 is 0 Å². The molecule has 0 aliphatic carbocycles. The molecule has 2 rings (SSSR count). The Morgan fingerprint density at radius 3 is 2.48 bits per heavy atom. The summed E-state index contributed by atoms with van der Waals surface area (Å²) in [5.74, 6) is 0.362. The van der Waals surface area contributed by atoms with E-state index in [1.807, 2.05) is 27.7 Å². The summed E-state index contributed by atoms with van der Waals surface area (Å²) >= 11 is 6.16. The van der Waals surface area contributed by atoms with E-state index in [1.54, 1.807) is 6.07 Å². The normalized spacial score (nSPS) is 23.0. The van der Waals surface area contributed by atoms with Crippen LogP contribution in [0.5, 0.6) is 5.75 Å². The van der Waals surface area contributed by atoms with Crippen molar-refractivity contribution in [3.05, 3.63) is 22.7 Å². The second kappa shape index (κ2) is 7.38. The summed E-state index contributed by atoms with van der Waals surface area (Å²) in [5.41, 5.74) is 0.792. The van der Waals surface area contributed by atoms with E-state index in [0.29, 0.717) is 30.5 Å². The third-order valence-corrected chi connectivity index (χ3v) is 5.95. The van der Waals surface area contributed by atoms with Gasteiger partial charge < -0.3 is 9.47 Å². The molecule has 7 heteroatoms. The van der Waals surface area contributed by atoms with Crippen LogP contribution in [0.15, 0.2) is 17.0 Å². The largest absolute Gasteiger partial charge is 0.492 e. The summed E-state index contributed by atoms with van der Waals surface area (Å²) in [7, 11) is -3.68. The van der Waals surface area contributed by atoms with Gasteiger partial charge in [-0.3, -0.25) is 0 Å². The molecular weight excluding hydrogens is 338 g/mol. The van der Waals surface area contributed by atoms with E-state index in [-0.39, 0.29) is 17.1 Å². The highest BCUT2D eigenvalue weighted by atomic mass is 35.5. The van der Waals surface area contributed by atoms with Gasteiger partial charge in [-0.05, 0) is 44.9 Å². The maximum Gasteiger partial charge on any atom is 0.246 e. The number of ether oxygens (including phenoxy) is 2. The van der Waals surface area contributed by atoms with Gasteiger partial charge in [0.2, 0.25) is 10.0 Å². The predicted octanol–water partition coefficient (Wildman–Crippen LogP) is 3.24. The summed E-state index contributed by atoms with van der Waals surface area (Å²) in [6.07, 6.45) is 0.510. The first-order chi connectivity index (χ1) is 10.8. The van der Waals surface area contributed by atoms with Crippen molar-refractivity contribution >= 4 is 21.6 Å². The molecule has 0 unspecified atom stereocenters. The van der Waals surface area contributed by atoms with E-state index in [2.05, 4.69) is 0 Å². The van der Waals surface area contributed by atoms with Gasteiger partial charge in [-0.25, -0.2) is 8.42 Å². The minimum atomic E-state index is -3.68. The Labute approximate surface area is 143 Å². The summed E-state index contributed by atoms with van der Waals surface area (Å²) in [6, 6.07) is 3.18. The molecule has 0 bridgehead atoms. The number of aryl methyl sites for hydroxylation is 1. The van der Waals surface area contributed by atoms with Crippen molar-refractivity contribution in [3.63, 3.8) is 0 Å². The summed E-state index contributed by atoms with van der Waals surface area (Å²) < 4.78 is 38.8. The molecule has 1 aromatic rings. The highest BCUT2D eigenvalue weighted by Crippen LogP contribution is 2.33. The lowest BCUT2D eigenvalue weighted by Crippen LogP contribution is -2.48. The van der Waals surface area contributed by atoms with E-state index in [0.717, 1.165) is 12.0 Å². The van der Waals surface area contributed by atoms with Gasteiger partial charge in [0.05, 0.1) is 18.8 Å². The number of hydrogen-bond acceptors (Lipinski definition) is 4. The van der Waals surface area contributed by atoms with Crippen molar-refractivity contribution < 1.29 is 17.9 Å². The number of benzene rings is 1. The zero-order chi connectivity index (χ0) is 17.2. The highest BCUT2D eigenvalue weighted by molar-refractivity contribution is 7.89. The highest BCUT2D eigenvalue weighted by Gasteiger charge is 2.34. The lowest BCUT2D eigenvalue weighted by molar-refractivity contribution is -0.0441. The molecule has 0 aromatic heterocycles. The van der Waals surface area contributed by atoms with Crippen LogP contribution in [0.1, 0.15) is 32.8 Å². The van der Waals surface area contributed by atoms with Crippen LogP contribution in [-0.2, 0) is 14.8 Å². The number of halogens is 1. The molecular formula is C16H24ClNO4S. The standard InChI is InChI=1S/C16H24ClNO4S/c1-5-6-21-15-7-11(2)14(17)8-16(15)23(19,20)18-9-12(3)22-13(4)10-18/h7-8,12-13H,5-6,9-10H2,1-4H3/t12-,13-/m0/s1. The van der Waals surface area contributed by atoms with Crippen LogP contribution in [0.25, 0.3) is 0 Å². The second-order valence-electron chi connectivity index (χ2n) is 5.98. The van der Waals surface area contributed by atoms with E-state index in [9.17, 15) is 8.42 Å². The Balaban J connectivity index is 2.43. The minimum Gasteiger partial charge on any atom is -0.492 e. The number of sulfonamides is 1. The van der Waals surface area contributed by atoms with Gasteiger partial charge in [-0.2, -0.15) is 4.31 Å². The van der Waals surface area contributed by atoms with Gasteiger partial charge >= 0.3 is 0 Å². The van der Waals surface area contributed by atoms with Crippen LogP contribution in [0.4, 0.5) is 0 Å². The predicted molar refractivity (Wildman–Crippen MR) is 90.7 cm³/mol. The quantitative estimate of drug-likeness (QED) is 0.807. The Morgan fingerprint density at radius 1 is 1.30 bits per heavy atom. The third-order valence-electron chi connectivity index (χ3n) is 3.69. The molecule has 23 heavy (non-hydrogen) atoms. The Hall–Kier alpha value is -0.820. The first-order valence-corrected chi connectivity index (χ1v) is 9.66. The molecule has 0 spiro atoms. The zero-order valence-electron chi connectivity index (χ0n) is 14.0. The second-order valence-corrected chi connectivity index (χ2v) is 8.29. The molecule has 1 aliphatic rings. The monoisotopic (exact) mass is 361 g/mol. The first-order valence-electron chi connectivity index (χ1n) is 7.84. The molecule has 0 saturated carbocycles. The zero-order valence-corrected chi connectivity index (χ0v) is 15.6. The molecule has 5 nitrogen and oxygen atoms in total. The lowest BCUT2D eigenvalue weighted by Gasteiger charge is -2.34. The molecule has 0 amide bonds. The van der Waals surface area contributed by atoms with Gasteiger partial charge in [0.25, 0.3) is 0 Å². The maximum absolute atomic E-state index is 13.1. The fourth-order valence-corrected chi connectivity index (χ4v) is 4.59. The van der Waals surface area contributed by atoms with Crippen molar-refractivity contribution in [1.82, 2.24) is 4.31 Å². The Kier molecular flexibility index (Phi) is 5.94. The van der Waals surface area contributed by atoms with Crippen molar-refractivity contribution in [3.8, 4) is 5.75 Å². The molecule has 0 radical (unpaired) electrons. The molecule has 1 aromatic carbocycles. The first kappa shape index (κ1) is 18.5. The van der Waals surface area contributed by atoms with Crippen LogP contribution in [0.2, 0.25) is 5.02 Å². The maximum atomic E-state index is 13.1. The van der Waals surface area contributed by atoms with Crippen molar-refractivity contribution in [1.29, 1.82) is 0 Å². The number of hydrogen-bond donors (Lipinski definition) is 0. The van der Waals surface area contributed by atoms with Crippen molar-refractivity contribution in [2.24, 2.45) is 0 Å². The summed E-state index contributed by atoms with van der Waals surface area (Å²) in [6.45, 7) is 8.65. The van der Waals surface area contributed by atoms with Crippen molar-refractivity contribution in [2.75, 3.05) is 19.7 Å². The van der Waals surface area contributed by atoms with Crippen LogP contribution in [0.3, 0.4) is 0 Å². The van der Waals surface area contributed by atoms with Crippen LogP contribution >= 0.6 is 11.6 Å². The smallest absolute Gasteiger partial charge is 0.246 e. The van der Waals surface area contributed by atoms with Crippen LogP contribution in [-0.4, -0.2) is 44.6 Å². The molecule has 1 heterocycles. The number of nitrogens with zero attached hydrogens (tertiary/aromatic N) is 1. The van der Waals surface area contributed by atoms with Crippen molar-refractivity contribution in [2.45, 2.75) is 51.2 Å².